The van der Waals surface area contributed by atoms with Crippen LogP contribution >= 0.6 is 11.3 Å². The molecule has 1 N–H and O–H groups in total. The summed E-state index contributed by atoms with van der Waals surface area (Å²) in [5.74, 6) is 0.0909. The molecule has 3 rings (SSSR count). The van der Waals surface area contributed by atoms with Gasteiger partial charge in [-0.15, -0.1) is 11.3 Å². The second kappa shape index (κ2) is 8.94. The molecule has 0 radical (unpaired) electrons. The fourth-order valence-corrected chi connectivity index (χ4v) is 3.71. The molecule has 1 aromatic carbocycles. The van der Waals surface area contributed by atoms with Gasteiger partial charge in [-0.05, 0) is 36.8 Å². The Labute approximate surface area is 147 Å². The number of carbonyl (C=O) groups excluding carboxylic acids is 1. The summed E-state index contributed by atoms with van der Waals surface area (Å²) >= 11 is 1.60. The summed E-state index contributed by atoms with van der Waals surface area (Å²) in [6, 6.07) is 8.57. The Balaban J connectivity index is 1.31. The van der Waals surface area contributed by atoms with Gasteiger partial charge in [0.2, 0.25) is 5.91 Å². The van der Waals surface area contributed by atoms with E-state index in [1.807, 2.05) is 5.38 Å². The van der Waals surface area contributed by atoms with Gasteiger partial charge in [-0.2, -0.15) is 0 Å². The Morgan fingerprint density at radius 3 is 3.17 bits per heavy atom. The molecule has 0 bridgehead atoms. The molecule has 1 amide bonds. The number of fused-ring (bicyclic) bond motifs is 1. The van der Waals surface area contributed by atoms with E-state index in [4.69, 9.17) is 4.74 Å². The molecule has 1 atom stereocenters. The van der Waals surface area contributed by atoms with E-state index in [0.717, 1.165) is 30.7 Å². The number of nitrogens with zero attached hydrogens (tertiary/aromatic N) is 1. The van der Waals surface area contributed by atoms with Crippen LogP contribution in [-0.4, -0.2) is 24.0 Å². The molecule has 0 saturated carbocycles. The van der Waals surface area contributed by atoms with Crippen molar-refractivity contribution >= 4 is 17.2 Å². The van der Waals surface area contributed by atoms with Crippen molar-refractivity contribution in [3.8, 4) is 0 Å². The lowest BCUT2D eigenvalue weighted by Gasteiger charge is -2.25. The average Bonchev–Trinajstić information content (AvgIpc) is 3.13. The Bertz CT molecular complexity index is 643. The highest BCUT2D eigenvalue weighted by atomic mass is 32.1. The van der Waals surface area contributed by atoms with Crippen LogP contribution in [0.4, 0.5) is 0 Å². The van der Waals surface area contributed by atoms with Crippen LogP contribution in [-0.2, 0) is 22.4 Å². The monoisotopic (exact) mass is 344 g/mol. The van der Waals surface area contributed by atoms with Gasteiger partial charge in [-0.1, -0.05) is 24.3 Å². The summed E-state index contributed by atoms with van der Waals surface area (Å²) in [6.45, 7) is 1.36. The van der Waals surface area contributed by atoms with Crippen molar-refractivity contribution in [2.75, 3.05) is 13.2 Å². The van der Waals surface area contributed by atoms with Crippen molar-refractivity contribution in [1.82, 2.24) is 10.3 Å². The summed E-state index contributed by atoms with van der Waals surface area (Å²) in [7, 11) is 0. The van der Waals surface area contributed by atoms with Gasteiger partial charge >= 0.3 is 0 Å². The third-order valence-electron chi connectivity index (χ3n) is 4.33. The predicted octanol–water partition coefficient (Wildman–Crippen LogP) is 3.68. The first kappa shape index (κ1) is 17.1. The largest absolute Gasteiger partial charge is 0.373 e. The molecule has 24 heavy (non-hydrogen) atoms. The van der Waals surface area contributed by atoms with E-state index in [1.165, 1.54) is 17.5 Å². The number of aryl methyl sites for hydroxylation is 2. The van der Waals surface area contributed by atoms with Crippen LogP contribution in [0.1, 0.15) is 47.9 Å². The van der Waals surface area contributed by atoms with Crippen LogP contribution in [0.25, 0.3) is 0 Å². The SMILES string of the molecule is O=C(CCc1nccs1)NCCCOC1CCCc2ccccc21. The second-order valence-corrected chi connectivity index (χ2v) is 7.06. The quantitative estimate of drug-likeness (QED) is 0.743. The highest BCUT2D eigenvalue weighted by Crippen LogP contribution is 2.32. The zero-order valence-corrected chi connectivity index (χ0v) is 14.7. The van der Waals surface area contributed by atoms with Gasteiger partial charge in [0.05, 0.1) is 11.1 Å². The first-order chi connectivity index (χ1) is 11.8. The maximum absolute atomic E-state index is 11.8. The Hall–Kier alpha value is -1.72. The number of amides is 1. The first-order valence-corrected chi connectivity index (χ1v) is 9.55. The van der Waals surface area contributed by atoms with Crippen molar-refractivity contribution < 1.29 is 9.53 Å². The number of rotatable bonds is 8. The summed E-state index contributed by atoms with van der Waals surface area (Å²) in [5.41, 5.74) is 2.76. The van der Waals surface area contributed by atoms with Crippen LogP contribution in [0.5, 0.6) is 0 Å². The van der Waals surface area contributed by atoms with E-state index in [2.05, 4.69) is 34.6 Å². The fourth-order valence-electron chi connectivity index (χ4n) is 3.09. The average molecular weight is 344 g/mol. The molecule has 1 unspecified atom stereocenters. The van der Waals surface area contributed by atoms with Gasteiger partial charge in [0.1, 0.15) is 0 Å². The van der Waals surface area contributed by atoms with Crippen LogP contribution in [0.3, 0.4) is 0 Å². The lowest BCUT2D eigenvalue weighted by atomic mass is 9.89. The number of nitrogens with one attached hydrogen (secondary N) is 1. The van der Waals surface area contributed by atoms with E-state index in [9.17, 15) is 4.79 Å². The lowest BCUT2D eigenvalue weighted by molar-refractivity contribution is -0.121. The molecule has 2 aromatic rings. The highest BCUT2D eigenvalue weighted by Gasteiger charge is 2.19. The van der Waals surface area contributed by atoms with Crippen LogP contribution in [0, 0.1) is 0 Å². The molecule has 0 saturated heterocycles. The molecule has 1 heterocycles. The summed E-state index contributed by atoms with van der Waals surface area (Å²) in [6.07, 6.45) is 7.51. The molecule has 4 nitrogen and oxygen atoms in total. The van der Waals surface area contributed by atoms with Crippen molar-refractivity contribution in [2.45, 2.75) is 44.6 Å². The highest BCUT2D eigenvalue weighted by molar-refractivity contribution is 7.09. The fraction of sp³-hybridized carbons (Fsp3) is 0.474. The van der Waals surface area contributed by atoms with Gasteiger partial charge in [-0.25, -0.2) is 4.98 Å². The van der Waals surface area contributed by atoms with E-state index in [-0.39, 0.29) is 12.0 Å². The minimum absolute atomic E-state index is 0.0909. The zero-order valence-electron chi connectivity index (χ0n) is 13.9. The standard InChI is InChI=1S/C19H24N2O2S/c22-18(9-10-19-21-12-14-24-19)20-11-4-13-23-17-8-3-6-15-5-1-2-7-16(15)17/h1-2,5,7,12,14,17H,3-4,6,8-11,13H2,(H,20,22). The van der Waals surface area contributed by atoms with Crippen LogP contribution < -0.4 is 5.32 Å². The summed E-state index contributed by atoms with van der Waals surface area (Å²) < 4.78 is 6.05. The topological polar surface area (TPSA) is 51.2 Å². The van der Waals surface area contributed by atoms with Crippen LogP contribution in [0.2, 0.25) is 0 Å². The number of hydrogen-bond acceptors (Lipinski definition) is 4. The predicted molar refractivity (Wildman–Crippen MR) is 96.1 cm³/mol. The second-order valence-electron chi connectivity index (χ2n) is 6.08. The van der Waals surface area contributed by atoms with Crippen molar-refractivity contribution in [2.24, 2.45) is 0 Å². The molecule has 0 spiro atoms. The normalized spacial score (nSPS) is 16.6. The lowest BCUT2D eigenvalue weighted by Crippen LogP contribution is -2.25. The smallest absolute Gasteiger partial charge is 0.220 e. The number of ether oxygens (including phenoxy) is 1. The van der Waals surface area contributed by atoms with Gasteiger partial charge in [0.25, 0.3) is 0 Å². The Kier molecular flexibility index (Phi) is 6.38. The molecule has 0 fully saturated rings. The zero-order chi connectivity index (χ0) is 16.6. The molecule has 1 aromatic heterocycles. The third kappa shape index (κ3) is 4.89. The molecule has 5 heteroatoms. The minimum Gasteiger partial charge on any atom is -0.373 e. The maximum atomic E-state index is 11.8. The van der Waals surface area contributed by atoms with E-state index < -0.39 is 0 Å². The van der Waals surface area contributed by atoms with E-state index in [1.54, 1.807) is 17.5 Å². The summed E-state index contributed by atoms with van der Waals surface area (Å²) in [4.78, 5) is 16.0. The molecule has 128 valence electrons. The third-order valence-corrected chi connectivity index (χ3v) is 5.17. The molecular weight excluding hydrogens is 320 g/mol. The van der Waals surface area contributed by atoms with Gasteiger partial charge in [-0.3, -0.25) is 4.79 Å². The number of carbonyl (C=O) groups is 1. The van der Waals surface area contributed by atoms with Crippen molar-refractivity contribution in [3.63, 3.8) is 0 Å². The van der Waals surface area contributed by atoms with Crippen molar-refractivity contribution in [3.05, 3.63) is 52.0 Å². The number of benzene rings is 1. The molecule has 0 aliphatic heterocycles. The first-order valence-electron chi connectivity index (χ1n) is 8.67. The van der Waals surface area contributed by atoms with E-state index in [0.29, 0.717) is 19.6 Å². The molecule has 1 aliphatic carbocycles. The number of hydrogen-bond donors (Lipinski definition) is 1. The van der Waals surface area contributed by atoms with Crippen molar-refractivity contribution in [1.29, 1.82) is 0 Å². The summed E-state index contributed by atoms with van der Waals surface area (Å²) in [5, 5.41) is 5.92. The molecular formula is C19H24N2O2S. The van der Waals surface area contributed by atoms with Gasteiger partial charge < -0.3 is 10.1 Å². The van der Waals surface area contributed by atoms with Crippen LogP contribution in [0.15, 0.2) is 35.8 Å². The Morgan fingerprint density at radius 2 is 2.29 bits per heavy atom. The molecule has 1 aliphatic rings. The van der Waals surface area contributed by atoms with Gasteiger partial charge in [0.15, 0.2) is 0 Å². The maximum Gasteiger partial charge on any atom is 0.220 e. The van der Waals surface area contributed by atoms with E-state index >= 15 is 0 Å². The number of aromatic nitrogens is 1. The Morgan fingerprint density at radius 1 is 1.38 bits per heavy atom. The minimum atomic E-state index is 0.0909. The number of thiazole rings is 1. The van der Waals surface area contributed by atoms with Gasteiger partial charge in [0, 0.05) is 37.6 Å².